The average Bonchev–Trinajstić information content (AvgIpc) is 2.72. The Morgan fingerprint density at radius 1 is 1.03 bits per heavy atom. The third-order valence-corrected chi connectivity index (χ3v) is 5.21. The van der Waals surface area contributed by atoms with E-state index in [1.807, 2.05) is 39.0 Å². The number of anilines is 1. The number of hydrogen-bond donors (Lipinski definition) is 3. The molecule has 166 valence electrons. The number of piperidine rings is 1. The zero-order chi connectivity index (χ0) is 22.4. The second-order valence-corrected chi connectivity index (χ2v) is 8.90. The second kappa shape index (κ2) is 9.81. The summed E-state index contributed by atoms with van der Waals surface area (Å²) in [5.41, 5.74) is 1.59. The number of halogens is 1. The molecule has 2 aromatic rings. The Labute approximate surface area is 183 Å². The highest BCUT2D eigenvalue weighted by Gasteiger charge is 2.24. The molecule has 3 amide bonds. The van der Waals surface area contributed by atoms with Crippen LogP contribution in [-0.4, -0.2) is 36.6 Å². The van der Waals surface area contributed by atoms with Gasteiger partial charge in [-0.1, -0.05) is 30.3 Å². The molecule has 7 heteroatoms. The molecular weight excluding hydrogens is 395 g/mol. The van der Waals surface area contributed by atoms with Crippen LogP contribution in [0.25, 0.3) is 0 Å². The van der Waals surface area contributed by atoms with Gasteiger partial charge in [0.15, 0.2) is 0 Å². The van der Waals surface area contributed by atoms with E-state index in [2.05, 4.69) is 20.9 Å². The minimum atomic E-state index is -0.332. The standard InChI is InChI=1S/C24H31FN4O2/c1-24(2,3)28-23(31)27-18-12-14-29(15-13-18)21-11-7-5-9-19(21)22(30)26-16-17-8-4-6-10-20(17)25/h4-11,18H,12-16H2,1-3H3,(H,26,30)(H2,27,28,31). The molecule has 0 unspecified atom stereocenters. The van der Waals surface area contributed by atoms with Crippen molar-refractivity contribution in [1.82, 2.24) is 16.0 Å². The number of urea groups is 1. The molecule has 3 N–H and O–H groups in total. The van der Waals surface area contributed by atoms with Crippen molar-refractivity contribution in [3.8, 4) is 0 Å². The molecule has 0 saturated carbocycles. The number of rotatable bonds is 5. The number of para-hydroxylation sites is 1. The Morgan fingerprint density at radius 3 is 2.35 bits per heavy atom. The molecule has 0 spiro atoms. The second-order valence-electron chi connectivity index (χ2n) is 8.90. The lowest BCUT2D eigenvalue weighted by Gasteiger charge is -2.35. The fraction of sp³-hybridized carbons (Fsp3) is 0.417. The van der Waals surface area contributed by atoms with Crippen molar-refractivity contribution < 1.29 is 14.0 Å². The summed E-state index contributed by atoms with van der Waals surface area (Å²) in [4.78, 5) is 27.1. The molecule has 2 aromatic carbocycles. The molecule has 1 heterocycles. The quantitative estimate of drug-likeness (QED) is 0.681. The van der Waals surface area contributed by atoms with Crippen LogP contribution in [-0.2, 0) is 6.54 Å². The van der Waals surface area contributed by atoms with Gasteiger partial charge in [-0.15, -0.1) is 0 Å². The number of hydrogen-bond acceptors (Lipinski definition) is 3. The van der Waals surface area contributed by atoms with Crippen LogP contribution in [0.4, 0.5) is 14.9 Å². The van der Waals surface area contributed by atoms with E-state index in [-0.39, 0.29) is 35.9 Å². The number of carbonyl (C=O) groups is 2. The minimum Gasteiger partial charge on any atom is -0.371 e. The molecule has 1 aliphatic rings. The molecule has 31 heavy (non-hydrogen) atoms. The third-order valence-electron chi connectivity index (χ3n) is 5.21. The predicted molar refractivity (Wildman–Crippen MR) is 121 cm³/mol. The van der Waals surface area contributed by atoms with Gasteiger partial charge in [0.05, 0.1) is 5.56 Å². The zero-order valence-corrected chi connectivity index (χ0v) is 18.4. The molecule has 3 rings (SSSR count). The van der Waals surface area contributed by atoms with Crippen molar-refractivity contribution in [2.45, 2.75) is 51.7 Å². The maximum atomic E-state index is 13.8. The number of nitrogens with one attached hydrogen (secondary N) is 3. The normalized spacial score (nSPS) is 14.8. The van der Waals surface area contributed by atoms with Crippen LogP contribution in [0.3, 0.4) is 0 Å². The fourth-order valence-corrected chi connectivity index (χ4v) is 3.68. The maximum Gasteiger partial charge on any atom is 0.315 e. The highest BCUT2D eigenvalue weighted by Crippen LogP contribution is 2.24. The van der Waals surface area contributed by atoms with Gasteiger partial charge < -0.3 is 20.9 Å². The van der Waals surface area contributed by atoms with Crippen molar-refractivity contribution >= 4 is 17.6 Å². The molecule has 0 radical (unpaired) electrons. The summed E-state index contributed by atoms with van der Waals surface area (Å²) in [5, 5.41) is 8.78. The van der Waals surface area contributed by atoms with Gasteiger partial charge in [-0.25, -0.2) is 9.18 Å². The van der Waals surface area contributed by atoms with Crippen molar-refractivity contribution in [1.29, 1.82) is 0 Å². The molecule has 6 nitrogen and oxygen atoms in total. The lowest BCUT2D eigenvalue weighted by Crippen LogP contribution is -2.52. The minimum absolute atomic E-state index is 0.0978. The van der Waals surface area contributed by atoms with E-state index in [0.717, 1.165) is 31.6 Å². The van der Waals surface area contributed by atoms with E-state index in [1.165, 1.54) is 6.07 Å². The van der Waals surface area contributed by atoms with Gasteiger partial charge in [0.2, 0.25) is 0 Å². The third kappa shape index (κ3) is 6.44. The van der Waals surface area contributed by atoms with Crippen LogP contribution >= 0.6 is 0 Å². The van der Waals surface area contributed by atoms with E-state index < -0.39 is 0 Å². The topological polar surface area (TPSA) is 73.5 Å². The first kappa shape index (κ1) is 22.6. The summed E-state index contributed by atoms with van der Waals surface area (Å²) < 4.78 is 13.8. The van der Waals surface area contributed by atoms with Gasteiger partial charge >= 0.3 is 6.03 Å². The molecule has 0 aliphatic carbocycles. The van der Waals surface area contributed by atoms with Crippen molar-refractivity contribution in [2.24, 2.45) is 0 Å². The first-order valence-electron chi connectivity index (χ1n) is 10.7. The Hall–Kier alpha value is -3.09. The number of nitrogens with zero attached hydrogens (tertiary/aromatic N) is 1. The first-order valence-corrected chi connectivity index (χ1v) is 10.7. The van der Waals surface area contributed by atoms with E-state index in [9.17, 15) is 14.0 Å². The van der Waals surface area contributed by atoms with E-state index >= 15 is 0 Å². The first-order chi connectivity index (χ1) is 14.7. The smallest absolute Gasteiger partial charge is 0.315 e. The highest BCUT2D eigenvalue weighted by molar-refractivity contribution is 5.99. The van der Waals surface area contributed by atoms with Crippen LogP contribution < -0.4 is 20.9 Å². The molecule has 0 aromatic heterocycles. The van der Waals surface area contributed by atoms with Gasteiger partial charge in [-0.2, -0.15) is 0 Å². The van der Waals surface area contributed by atoms with Gasteiger partial charge in [0.25, 0.3) is 5.91 Å². The Morgan fingerprint density at radius 2 is 1.68 bits per heavy atom. The predicted octanol–water partition coefficient (Wildman–Crippen LogP) is 3.82. The maximum absolute atomic E-state index is 13.8. The van der Waals surface area contributed by atoms with Gasteiger partial charge in [0, 0.05) is 42.5 Å². The number of benzene rings is 2. The van der Waals surface area contributed by atoms with Gasteiger partial charge in [0.1, 0.15) is 5.82 Å². The van der Waals surface area contributed by atoms with E-state index in [0.29, 0.717) is 11.1 Å². The lowest BCUT2D eigenvalue weighted by molar-refractivity contribution is 0.0951. The summed E-state index contributed by atoms with van der Waals surface area (Å²) in [5.74, 6) is -0.565. The monoisotopic (exact) mass is 426 g/mol. The molecule has 1 aliphatic heterocycles. The lowest BCUT2D eigenvalue weighted by atomic mass is 10.0. The molecule has 0 atom stereocenters. The summed E-state index contributed by atoms with van der Waals surface area (Å²) >= 11 is 0. The van der Waals surface area contributed by atoms with Crippen LogP contribution in [0, 0.1) is 5.82 Å². The molecule has 1 fully saturated rings. The average molecular weight is 427 g/mol. The Kier molecular flexibility index (Phi) is 7.15. The van der Waals surface area contributed by atoms with Crippen LogP contribution in [0.15, 0.2) is 48.5 Å². The Bertz CT molecular complexity index is 918. The fourth-order valence-electron chi connectivity index (χ4n) is 3.68. The van der Waals surface area contributed by atoms with Gasteiger partial charge in [-0.05, 0) is 51.8 Å². The largest absolute Gasteiger partial charge is 0.371 e. The van der Waals surface area contributed by atoms with E-state index in [4.69, 9.17) is 0 Å². The van der Waals surface area contributed by atoms with Crippen LogP contribution in [0.5, 0.6) is 0 Å². The van der Waals surface area contributed by atoms with Crippen molar-refractivity contribution in [2.75, 3.05) is 18.0 Å². The summed E-state index contributed by atoms with van der Waals surface area (Å²) in [6.07, 6.45) is 1.59. The SMILES string of the molecule is CC(C)(C)NC(=O)NC1CCN(c2ccccc2C(=O)NCc2ccccc2F)CC1. The highest BCUT2D eigenvalue weighted by atomic mass is 19.1. The summed E-state index contributed by atoms with van der Waals surface area (Å²) in [6.45, 7) is 7.45. The Balaban J connectivity index is 1.59. The number of carbonyl (C=O) groups excluding carboxylic acids is 2. The summed E-state index contributed by atoms with van der Waals surface area (Å²) in [7, 11) is 0. The number of amides is 3. The van der Waals surface area contributed by atoms with Crippen molar-refractivity contribution in [3.63, 3.8) is 0 Å². The van der Waals surface area contributed by atoms with Crippen molar-refractivity contribution in [3.05, 3.63) is 65.5 Å². The van der Waals surface area contributed by atoms with Gasteiger partial charge in [-0.3, -0.25) is 4.79 Å². The van der Waals surface area contributed by atoms with Crippen LogP contribution in [0.2, 0.25) is 0 Å². The molecule has 0 bridgehead atoms. The van der Waals surface area contributed by atoms with E-state index in [1.54, 1.807) is 24.3 Å². The van der Waals surface area contributed by atoms with Crippen LogP contribution in [0.1, 0.15) is 49.5 Å². The summed E-state index contributed by atoms with van der Waals surface area (Å²) in [6, 6.07) is 13.8. The zero-order valence-electron chi connectivity index (χ0n) is 18.4. The molecular formula is C24H31FN4O2. The molecule has 1 saturated heterocycles.